The molecule has 0 unspecified atom stereocenters. The van der Waals surface area contributed by atoms with Gasteiger partial charge in [0.2, 0.25) is 5.89 Å². The number of carbonyl (C=O) groups is 2. The van der Waals surface area contributed by atoms with Gasteiger partial charge in [0.1, 0.15) is 17.8 Å². The SMILES string of the molecule is CC(C)CC[C@]1(C2CC2)NC(=O)N(Cc2ncc(C3CC3)o2)C1=O. The summed E-state index contributed by atoms with van der Waals surface area (Å²) in [4.78, 5) is 31.1. The molecule has 3 amide bonds. The number of hydrogen-bond acceptors (Lipinski definition) is 4. The maximum Gasteiger partial charge on any atom is 0.325 e. The second kappa shape index (κ2) is 5.60. The third kappa shape index (κ3) is 2.72. The van der Waals surface area contributed by atoms with Gasteiger partial charge in [-0.15, -0.1) is 0 Å². The Balaban J connectivity index is 1.50. The molecule has 0 bridgehead atoms. The van der Waals surface area contributed by atoms with Gasteiger partial charge in [-0.3, -0.25) is 9.69 Å². The molecule has 4 rings (SSSR count). The van der Waals surface area contributed by atoms with E-state index in [0.29, 0.717) is 17.7 Å². The van der Waals surface area contributed by atoms with Gasteiger partial charge >= 0.3 is 6.03 Å². The molecule has 24 heavy (non-hydrogen) atoms. The third-order valence-electron chi connectivity index (χ3n) is 5.44. The Morgan fingerprint density at radius 2 is 2.08 bits per heavy atom. The molecule has 1 saturated heterocycles. The Morgan fingerprint density at radius 3 is 2.71 bits per heavy atom. The summed E-state index contributed by atoms with van der Waals surface area (Å²) in [6, 6.07) is -0.304. The normalized spacial score (nSPS) is 27.2. The summed E-state index contributed by atoms with van der Waals surface area (Å²) in [6.45, 7) is 4.42. The summed E-state index contributed by atoms with van der Waals surface area (Å²) >= 11 is 0. The minimum Gasteiger partial charge on any atom is -0.443 e. The fourth-order valence-electron chi connectivity index (χ4n) is 3.62. The number of rotatable bonds is 7. The van der Waals surface area contributed by atoms with Crippen LogP contribution >= 0.6 is 0 Å². The monoisotopic (exact) mass is 331 g/mol. The van der Waals surface area contributed by atoms with Gasteiger partial charge < -0.3 is 9.73 Å². The largest absolute Gasteiger partial charge is 0.443 e. The predicted molar refractivity (Wildman–Crippen MR) is 87.1 cm³/mol. The highest BCUT2D eigenvalue weighted by molar-refractivity contribution is 6.07. The van der Waals surface area contributed by atoms with Crippen LogP contribution in [0, 0.1) is 11.8 Å². The molecule has 6 nitrogen and oxygen atoms in total. The molecule has 130 valence electrons. The molecule has 2 heterocycles. The van der Waals surface area contributed by atoms with E-state index in [-0.39, 0.29) is 24.4 Å². The van der Waals surface area contributed by atoms with E-state index in [2.05, 4.69) is 24.1 Å². The van der Waals surface area contributed by atoms with Gasteiger partial charge in [-0.2, -0.15) is 0 Å². The number of hydrogen-bond donors (Lipinski definition) is 1. The highest BCUT2D eigenvalue weighted by Gasteiger charge is 2.58. The average Bonchev–Trinajstić information content (AvgIpc) is 3.46. The fourth-order valence-corrected chi connectivity index (χ4v) is 3.62. The Morgan fingerprint density at radius 1 is 1.33 bits per heavy atom. The molecule has 1 aromatic heterocycles. The van der Waals surface area contributed by atoms with E-state index in [1.54, 1.807) is 6.20 Å². The lowest BCUT2D eigenvalue weighted by molar-refractivity contribution is -0.133. The van der Waals surface area contributed by atoms with Crippen molar-refractivity contribution in [2.45, 2.75) is 70.4 Å². The Kier molecular flexibility index (Phi) is 3.66. The number of nitrogens with one attached hydrogen (secondary N) is 1. The summed E-state index contributed by atoms with van der Waals surface area (Å²) in [5.41, 5.74) is -0.701. The van der Waals surface area contributed by atoms with Gasteiger partial charge in [-0.1, -0.05) is 13.8 Å². The minimum atomic E-state index is -0.701. The summed E-state index contributed by atoms with van der Waals surface area (Å²) in [5, 5.41) is 3.01. The quantitative estimate of drug-likeness (QED) is 0.779. The summed E-state index contributed by atoms with van der Waals surface area (Å²) in [6.07, 6.45) is 7.69. The zero-order chi connectivity index (χ0) is 16.9. The molecule has 1 aliphatic heterocycles. The number of oxazole rings is 1. The van der Waals surface area contributed by atoms with Crippen molar-refractivity contribution in [3.8, 4) is 0 Å². The smallest absolute Gasteiger partial charge is 0.325 e. The van der Waals surface area contributed by atoms with Crippen molar-refractivity contribution in [2.75, 3.05) is 0 Å². The van der Waals surface area contributed by atoms with Gasteiger partial charge in [-0.25, -0.2) is 9.78 Å². The van der Waals surface area contributed by atoms with Crippen molar-refractivity contribution in [1.82, 2.24) is 15.2 Å². The highest BCUT2D eigenvalue weighted by atomic mass is 16.4. The van der Waals surface area contributed by atoms with Gasteiger partial charge in [0.15, 0.2) is 0 Å². The van der Waals surface area contributed by atoms with E-state index in [0.717, 1.165) is 44.3 Å². The van der Waals surface area contributed by atoms with Crippen molar-refractivity contribution in [2.24, 2.45) is 11.8 Å². The van der Waals surface area contributed by atoms with Crippen molar-refractivity contribution >= 4 is 11.9 Å². The summed E-state index contributed by atoms with van der Waals surface area (Å²) in [5.74, 6) is 2.51. The van der Waals surface area contributed by atoms with Crippen LogP contribution in [0.2, 0.25) is 0 Å². The molecule has 2 saturated carbocycles. The number of aromatic nitrogens is 1. The molecule has 1 atom stereocenters. The zero-order valence-electron chi connectivity index (χ0n) is 14.4. The molecule has 2 aliphatic carbocycles. The first-order valence-electron chi connectivity index (χ1n) is 9.08. The van der Waals surface area contributed by atoms with Crippen LogP contribution in [-0.4, -0.2) is 27.4 Å². The zero-order valence-corrected chi connectivity index (χ0v) is 14.4. The number of urea groups is 1. The first kappa shape index (κ1) is 15.7. The lowest BCUT2D eigenvalue weighted by Crippen LogP contribution is -2.49. The Labute approximate surface area is 142 Å². The molecule has 1 aromatic rings. The van der Waals surface area contributed by atoms with E-state index in [1.165, 1.54) is 4.90 Å². The third-order valence-corrected chi connectivity index (χ3v) is 5.44. The second-order valence-electron chi connectivity index (χ2n) is 7.93. The van der Waals surface area contributed by atoms with Crippen LogP contribution < -0.4 is 5.32 Å². The van der Waals surface area contributed by atoms with Crippen molar-refractivity contribution < 1.29 is 14.0 Å². The van der Waals surface area contributed by atoms with E-state index in [4.69, 9.17) is 4.42 Å². The van der Waals surface area contributed by atoms with Crippen LogP contribution in [0.3, 0.4) is 0 Å². The van der Waals surface area contributed by atoms with E-state index in [1.807, 2.05) is 0 Å². The molecule has 0 radical (unpaired) electrons. The first-order valence-corrected chi connectivity index (χ1v) is 9.08. The van der Waals surface area contributed by atoms with Crippen LogP contribution in [0.1, 0.15) is 69.9 Å². The molecular formula is C18H25N3O3. The number of carbonyl (C=O) groups excluding carboxylic acids is 2. The van der Waals surface area contributed by atoms with Crippen LogP contribution in [0.15, 0.2) is 10.6 Å². The van der Waals surface area contributed by atoms with Gasteiger partial charge in [0.25, 0.3) is 5.91 Å². The van der Waals surface area contributed by atoms with Crippen LogP contribution in [-0.2, 0) is 11.3 Å². The molecule has 3 fully saturated rings. The number of amides is 3. The standard InChI is InChI=1S/C18H25N3O3/c1-11(2)7-8-18(13-5-6-13)16(22)21(17(23)20-18)10-15-19-9-14(24-15)12-3-4-12/h9,11-13H,3-8,10H2,1-2H3,(H,20,23)/t18-/m1/s1. The Hall–Kier alpha value is -1.85. The van der Waals surface area contributed by atoms with Gasteiger partial charge in [-0.05, 0) is 50.4 Å². The number of imide groups is 1. The predicted octanol–water partition coefficient (Wildman–Crippen LogP) is 3.19. The molecule has 0 aromatic carbocycles. The van der Waals surface area contributed by atoms with Gasteiger partial charge in [0.05, 0.1) is 6.20 Å². The second-order valence-corrected chi connectivity index (χ2v) is 7.93. The summed E-state index contributed by atoms with van der Waals surface area (Å²) in [7, 11) is 0. The first-order chi connectivity index (χ1) is 11.5. The van der Waals surface area contributed by atoms with Crippen LogP contribution in [0.25, 0.3) is 0 Å². The maximum absolute atomic E-state index is 13.1. The fraction of sp³-hybridized carbons (Fsp3) is 0.722. The van der Waals surface area contributed by atoms with Gasteiger partial charge in [0, 0.05) is 5.92 Å². The number of nitrogens with zero attached hydrogens (tertiary/aromatic N) is 2. The molecular weight excluding hydrogens is 306 g/mol. The highest BCUT2D eigenvalue weighted by Crippen LogP contribution is 2.46. The molecule has 3 aliphatic rings. The van der Waals surface area contributed by atoms with E-state index in [9.17, 15) is 9.59 Å². The lowest BCUT2D eigenvalue weighted by atomic mass is 9.85. The van der Waals surface area contributed by atoms with E-state index < -0.39 is 5.54 Å². The van der Waals surface area contributed by atoms with Crippen molar-refractivity contribution in [1.29, 1.82) is 0 Å². The summed E-state index contributed by atoms with van der Waals surface area (Å²) < 4.78 is 5.72. The molecule has 6 heteroatoms. The maximum atomic E-state index is 13.1. The van der Waals surface area contributed by atoms with Crippen molar-refractivity contribution in [3.63, 3.8) is 0 Å². The van der Waals surface area contributed by atoms with Crippen LogP contribution in [0.5, 0.6) is 0 Å². The van der Waals surface area contributed by atoms with Crippen LogP contribution in [0.4, 0.5) is 4.79 Å². The average molecular weight is 331 g/mol. The molecule has 0 spiro atoms. The van der Waals surface area contributed by atoms with Crippen molar-refractivity contribution in [3.05, 3.63) is 17.8 Å². The molecule has 1 N–H and O–H groups in total. The lowest BCUT2D eigenvalue weighted by Gasteiger charge is -2.27. The topological polar surface area (TPSA) is 75.4 Å². The Bertz CT molecular complexity index is 660. The van der Waals surface area contributed by atoms with E-state index >= 15 is 0 Å². The minimum absolute atomic E-state index is 0.0955.